The van der Waals surface area contributed by atoms with Crippen molar-refractivity contribution >= 4 is 5.69 Å². The first-order chi connectivity index (χ1) is 13.7. The zero-order valence-electron chi connectivity index (χ0n) is 16.6. The lowest BCUT2D eigenvalue weighted by Gasteiger charge is -2.34. The standard InChI is InChI=1S/C23H28N4O/c1-26-14-11-24-23(26)17-25-20-9-12-27(13-10-20)21-7-3-5-18(15-21)19-6-4-8-22(16-19)28-2/h3-8,11,14-16,20,25H,9-10,12-13,17H2,1-2H3. The van der Waals surface area contributed by atoms with Gasteiger partial charge in [0, 0.05) is 44.3 Å². The Kier molecular flexibility index (Phi) is 5.63. The smallest absolute Gasteiger partial charge is 0.122 e. The molecular formula is C23H28N4O. The molecule has 1 aliphatic rings. The number of piperidine rings is 1. The normalized spacial score (nSPS) is 15.0. The number of hydrogen-bond donors (Lipinski definition) is 1. The maximum absolute atomic E-state index is 5.37. The maximum atomic E-state index is 5.37. The SMILES string of the molecule is COc1cccc(-c2cccc(N3CCC(NCc4nccn4C)CC3)c2)c1. The number of methoxy groups -OCH3 is 1. The van der Waals surface area contributed by atoms with E-state index in [9.17, 15) is 0 Å². The fraction of sp³-hybridized carbons (Fsp3) is 0.348. The van der Waals surface area contributed by atoms with Crippen molar-refractivity contribution < 1.29 is 4.74 Å². The van der Waals surface area contributed by atoms with Crippen molar-refractivity contribution in [3.05, 3.63) is 66.7 Å². The van der Waals surface area contributed by atoms with Crippen LogP contribution in [0.2, 0.25) is 0 Å². The molecule has 1 N–H and O–H groups in total. The Labute approximate surface area is 167 Å². The molecule has 0 spiro atoms. The summed E-state index contributed by atoms with van der Waals surface area (Å²) in [5, 5.41) is 3.66. The summed E-state index contributed by atoms with van der Waals surface area (Å²) in [5.41, 5.74) is 3.71. The first-order valence-corrected chi connectivity index (χ1v) is 9.92. The molecule has 0 aliphatic carbocycles. The second-order valence-corrected chi connectivity index (χ2v) is 7.38. The molecule has 5 nitrogen and oxygen atoms in total. The molecule has 0 amide bonds. The Hall–Kier alpha value is -2.79. The molecule has 0 atom stereocenters. The van der Waals surface area contributed by atoms with Crippen LogP contribution in [-0.2, 0) is 13.6 Å². The number of benzene rings is 2. The van der Waals surface area contributed by atoms with Gasteiger partial charge >= 0.3 is 0 Å². The number of aromatic nitrogens is 2. The fourth-order valence-electron chi connectivity index (χ4n) is 3.83. The first-order valence-electron chi connectivity index (χ1n) is 9.92. The molecule has 4 rings (SSSR count). The third-order valence-corrected chi connectivity index (χ3v) is 5.58. The van der Waals surface area contributed by atoms with Crippen LogP contribution in [0.1, 0.15) is 18.7 Å². The molecule has 1 aliphatic heterocycles. The number of ether oxygens (including phenoxy) is 1. The van der Waals surface area contributed by atoms with Gasteiger partial charge in [-0.05, 0) is 48.2 Å². The van der Waals surface area contributed by atoms with Gasteiger partial charge in [-0.3, -0.25) is 0 Å². The highest BCUT2D eigenvalue weighted by Crippen LogP contribution is 2.28. The van der Waals surface area contributed by atoms with E-state index in [1.54, 1.807) is 7.11 Å². The summed E-state index contributed by atoms with van der Waals surface area (Å²) in [4.78, 5) is 6.88. The summed E-state index contributed by atoms with van der Waals surface area (Å²) in [7, 11) is 3.75. The van der Waals surface area contributed by atoms with Crippen molar-refractivity contribution in [3.8, 4) is 16.9 Å². The Morgan fingerprint density at radius 2 is 1.82 bits per heavy atom. The molecule has 0 radical (unpaired) electrons. The highest BCUT2D eigenvalue weighted by atomic mass is 16.5. The van der Waals surface area contributed by atoms with Crippen LogP contribution in [0, 0.1) is 0 Å². The maximum Gasteiger partial charge on any atom is 0.122 e. The summed E-state index contributed by atoms with van der Waals surface area (Å²) >= 11 is 0. The molecule has 2 aromatic carbocycles. The topological polar surface area (TPSA) is 42.3 Å². The van der Waals surface area contributed by atoms with Crippen molar-refractivity contribution in [2.45, 2.75) is 25.4 Å². The van der Waals surface area contributed by atoms with E-state index in [-0.39, 0.29) is 0 Å². The van der Waals surface area contributed by atoms with Crippen LogP contribution < -0.4 is 15.0 Å². The van der Waals surface area contributed by atoms with Crippen LogP contribution in [0.15, 0.2) is 60.9 Å². The molecule has 1 saturated heterocycles. The largest absolute Gasteiger partial charge is 0.497 e. The van der Waals surface area contributed by atoms with Gasteiger partial charge in [0.15, 0.2) is 0 Å². The average molecular weight is 377 g/mol. The number of hydrogen-bond acceptors (Lipinski definition) is 4. The van der Waals surface area contributed by atoms with E-state index < -0.39 is 0 Å². The third-order valence-electron chi connectivity index (χ3n) is 5.58. The van der Waals surface area contributed by atoms with E-state index in [0.29, 0.717) is 6.04 Å². The van der Waals surface area contributed by atoms with Crippen LogP contribution in [0.5, 0.6) is 5.75 Å². The second kappa shape index (κ2) is 8.48. The number of nitrogens with one attached hydrogen (secondary N) is 1. The van der Waals surface area contributed by atoms with Crippen molar-refractivity contribution in [1.29, 1.82) is 0 Å². The van der Waals surface area contributed by atoms with Crippen molar-refractivity contribution in [1.82, 2.24) is 14.9 Å². The van der Waals surface area contributed by atoms with Crippen molar-refractivity contribution in [2.24, 2.45) is 7.05 Å². The molecule has 2 heterocycles. The molecule has 5 heteroatoms. The van der Waals surface area contributed by atoms with E-state index in [1.165, 1.54) is 16.8 Å². The Morgan fingerprint density at radius 1 is 1.07 bits per heavy atom. The third kappa shape index (κ3) is 4.20. The van der Waals surface area contributed by atoms with Gasteiger partial charge in [0.1, 0.15) is 11.6 Å². The fourth-order valence-corrected chi connectivity index (χ4v) is 3.83. The van der Waals surface area contributed by atoms with Crippen LogP contribution in [-0.4, -0.2) is 35.8 Å². The number of anilines is 1. The highest BCUT2D eigenvalue weighted by Gasteiger charge is 2.19. The lowest BCUT2D eigenvalue weighted by molar-refractivity contribution is 0.407. The predicted octanol–water partition coefficient (Wildman–Crippen LogP) is 3.85. The van der Waals surface area contributed by atoms with E-state index in [1.807, 2.05) is 31.6 Å². The van der Waals surface area contributed by atoms with Gasteiger partial charge in [0.2, 0.25) is 0 Å². The van der Waals surface area contributed by atoms with Gasteiger partial charge in [-0.25, -0.2) is 4.98 Å². The van der Waals surface area contributed by atoms with Crippen LogP contribution in [0.3, 0.4) is 0 Å². The second-order valence-electron chi connectivity index (χ2n) is 7.38. The number of rotatable bonds is 6. The Balaban J connectivity index is 1.37. The summed E-state index contributed by atoms with van der Waals surface area (Å²) in [5.74, 6) is 1.98. The van der Waals surface area contributed by atoms with E-state index in [0.717, 1.165) is 44.0 Å². The molecule has 1 aromatic heterocycles. The monoisotopic (exact) mass is 376 g/mol. The van der Waals surface area contributed by atoms with Gasteiger partial charge in [0.25, 0.3) is 0 Å². The van der Waals surface area contributed by atoms with Crippen LogP contribution in [0.4, 0.5) is 5.69 Å². The van der Waals surface area contributed by atoms with Crippen molar-refractivity contribution in [2.75, 3.05) is 25.1 Å². The number of nitrogens with zero attached hydrogens (tertiary/aromatic N) is 3. The van der Waals surface area contributed by atoms with E-state index >= 15 is 0 Å². The summed E-state index contributed by atoms with van der Waals surface area (Å²) < 4.78 is 7.44. The first kappa shape index (κ1) is 18.6. The molecule has 0 saturated carbocycles. The molecular weight excluding hydrogens is 348 g/mol. The van der Waals surface area contributed by atoms with Gasteiger partial charge < -0.3 is 19.5 Å². The predicted molar refractivity (Wildman–Crippen MR) is 114 cm³/mol. The lowest BCUT2D eigenvalue weighted by atomic mass is 10.0. The quantitative estimate of drug-likeness (QED) is 0.709. The summed E-state index contributed by atoms with van der Waals surface area (Å²) in [6.45, 7) is 2.97. The lowest BCUT2D eigenvalue weighted by Crippen LogP contribution is -2.42. The molecule has 0 unspecified atom stereocenters. The molecule has 28 heavy (non-hydrogen) atoms. The zero-order chi connectivity index (χ0) is 19.3. The molecule has 0 bridgehead atoms. The minimum atomic E-state index is 0.550. The average Bonchev–Trinajstić information content (AvgIpc) is 3.17. The van der Waals surface area contributed by atoms with Gasteiger partial charge in [-0.2, -0.15) is 0 Å². The van der Waals surface area contributed by atoms with E-state index in [4.69, 9.17) is 4.74 Å². The molecule has 146 valence electrons. The summed E-state index contributed by atoms with van der Waals surface area (Å²) in [6.07, 6.45) is 6.14. The van der Waals surface area contributed by atoms with E-state index in [2.05, 4.69) is 56.2 Å². The minimum Gasteiger partial charge on any atom is -0.497 e. The van der Waals surface area contributed by atoms with Gasteiger partial charge in [-0.15, -0.1) is 0 Å². The van der Waals surface area contributed by atoms with Crippen LogP contribution >= 0.6 is 0 Å². The minimum absolute atomic E-state index is 0.550. The highest BCUT2D eigenvalue weighted by molar-refractivity contribution is 5.69. The molecule has 3 aromatic rings. The Bertz CT molecular complexity index is 912. The van der Waals surface area contributed by atoms with Gasteiger partial charge in [0.05, 0.1) is 13.7 Å². The zero-order valence-corrected chi connectivity index (χ0v) is 16.6. The Morgan fingerprint density at radius 3 is 2.54 bits per heavy atom. The summed E-state index contributed by atoms with van der Waals surface area (Å²) in [6, 6.07) is 17.6. The molecule has 1 fully saturated rings. The number of imidazole rings is 1. The van der Waals surface area contributed by atoms with Gasteiger partial charge in [-0.1, -0.05) is 24.3 Å². The number of aryl methyl sites for hydroxylation is 1. The van der Waals surface area contributed by atoms with Crippen LogP contribution in [0.25, 0.3) is 11.1 Å². The van der Waals surface area contributed by atoms with Crippen molar-refractivity contribution in [3.63, 3.8) is 0 Å².